The van der Waals surface area contributed by atoms with Crippen molar-refractivity contribution in [3.63, 3.8) is 0 Å². The zero-order valence-electron chi connectivity index (χ0n) is 10.6. The van der Waals surface area contributed by atoms with E-state index in [2.05, 4.69) is 36.4 Å². The second-order valence-corrected chi connectivity index (χ2v) is 5.20. The van der Waals surface area contributed by atoms with Crippen LogP contribution in [0.25, 0.3) is 0 Å². The summed E-state index contributed by atoms with van der Waals surface area (Å²) in [5.41, 5.74) is 0.951. The zero-order valence-corrected chi connectivity index (χ0v) is 10.6. The summed E-state index contributed by atoms with van der Waals surface area (Å²) in [5, 5.41) is 20.9. The zero-order chi connectivity index (χ0) is 12.2. The van der Waals surface area contributed by atoms with Crippen LogP contribution in [0.4, 0.5) is 0 Å². The molecule has 0 saturated heterocycles. The molecule has 1 atom stereocenters. The van der Waals surface area contributed by atoms with Gasteiger partial charge >= 0.3 is 0 Å². The molecule has 2 N–H and O–H groups in total. The van der Waals surface area contributed by atoms with Crippen molar-refractivity contribution in [2.75, 3.05) is 6.54 Å². The van der Waals surface area contributed by atoms with Crippen LogP contribution in [0.5, 0.6) is 0 Å². The quantitative estimate of drug-likeness (QED) is 0.777. The molecule has 0 amide bonds. The number of aryl methyl sites for hydroxylation is 2. The molecule has 92 valence electrons. The molecule has 16 heavy (non-hydrogen) atoms. The molecule has 1 aromatic rings. The Kier molecular flexibility index (Phi) is 4.44. The largest absolute Gasteiger partial charge is 0.392 e. The van der Waals surface area contributed by atoms with Crippen molar-refractivity contribution in [2.45, 2.75) is 52.3 Å². The van der Waals surface area contributed by atoms with Crippen LogP contribution in [-0.4, -0.2) is 38.3 Å². The van der Waals surface area contributed by atoms with Crippen molar-refractivity contribution >= 4 is 0 Å². The Morgan fingerprint density at radius 3 is 2.69 bits per heavy atom. The third kappa shape index (κ3) is 5.23. The summed E-state index contributed by atoms with van der Waals surface area (Å²) in [6.07, 6.45) is 2.22. The van der Waals surface area contributed by atoms with E-state index in [4.69, 9.17) is 0 Å². The van der Waals surface area contributed by atoms with Crippen LogP contribution in [0.3, 0.4) is 0 Å². The maximum Gasteiger partial charge on any atom is 0.0796 e. The first-order valence-corrected chi connectivity index (χ1v) is 5.66. The molecule has 0 bridgehead atoms. The van der Waals surface area contributed by atoms with Gasteiger partial charge in [-0.2, -0.15) is 0 Å². The molecule has 0 spiro atoms. The van der Waals surface area contributed by atoms with Gasteiger partial charge in [-0.25, -0.2) is 0 Å². The van der Waals surface area contributed by atoms with Crippen molar-refractivity contribution in [2.24, 2.45) is 0 Å². The van der Waals surface area contributed by atoms with E-state index < -0.39 is 0 Å². The predicted octanol–water partition coefficient (Wildman–Crippen LogP) is 0.726. The standard InChI is InChI=1S/C11H22N4O/c1-9-8-15(14-13-9)6-5-10(16)7-12-11(2,3)4/h8,10,12,16H,5-7H2,1-4H3. The van der Waals surface area contributed by atoms with Gasteiger partial charge in [0.15, 0.2) is 0 Å². The van der Waals surface area contributed by atoms with Crippen molar-refractivity contribution in [1.82, 2.24) is 20.3 Å². The molecule has 0 saturated carbocycles. The third-order valence-electron chi connectivity index (χ3n) is 2.21. The number of nitrogens with one attached hydrogen (secondary N) is 1. The Bertz CT molecular complexity index is 316. The van der Waals surface area contributed by atoms with E-state index in [0.717, 1.165) is 5.69 Å². The highest BCUT2D eigenvalue weighted by molar-refractivity contribution is 4.86. The first kappa shape index (κ1) is 13.1. The van der Waals surface area contributed by atoms with Gasteiger partial charge in [0.25, 0.3) is 0 Å². The van der Waals surface area contributed by atoms with Crippen LogP contribution >= 0.6 is 0 Å². The Balaban J connectivity index is 2.22. The van der Waals surface area contributed by atoms with E-state index in [1.807, 2.05) is 13.1 Å². The third-order valence-corrected chi connectivity index (χ3v) is 2.21. The Hall–Kier alpha value is -0.940. The maximum atomic E-state index is 9.76. The van der Waals surface area contributed by atoms with Gasteiger partial charge in [0, 0.05) is 24.8 Å². The fraction of sp³-hybridized carbons (Fsp3) is 0.818. The highest BCUT2D eigenvalue weighted by Gasteiger charge is 2.12. The molecule has 1 rings (SSSR count). The van der Waals surface area contributed by atoms with Crippen LogP contribution in [-0.2, 0) is 6.54 Å². The van der Waals surface area contributed by atoms with E-state index >= 15 is 0 Å². The smallest absolute Gasteiger partial charge is 0.0796 e. The number of hydrogen-bond donors (Lipinski definition) is 2. The van der Waals surface area contributed by atoms with E-state index in [9.17, 15) is 5.11 Å². The number of rotatable bonds is 5. The minimum absolute atomic E-state index is 0.0465. The summed E-state index contributed by atoms with van der Waals surface area (Å²) in [6, 6.07) is 0. The predicted molar refractivity (Wildman–Crippen MR) is 63.1 cm³/mol. The van der Waals surface area contributed by atoms with E-state index in [-0.39, 0.29) is 11.6 Å². The number of aliphatic hydroxyl groups is 1. The van der Waals surface area contributed by atoms with Crippen LogP contribution < -0.4 is 5.32 Å². The lowest BCUT2D eigenvalue weighted by Gasteiger charge is -2.22. The number of aromatic nitrogens is 3. The van der Waals surface area contributed by atoms with Gasteiger partial charge in [-0.15, -0.1) is 5.10 Å². The summed E-state index contributed by atoms with van der Waals surface area (Å²) >= 11 is 0. The normalized spacial score (nSPS) is 14.1. The van der Waals surface area contributed by atoms with Crippen LogP contribution in [0.2, 0.25) is 0 Å². The molecule has 1 unspecified atom stereocenters. The molecule has 0 aromatic carbocycles. The fourth-order valence-electron chi connectivity index (χ4n) is 1.31. The van der Waals surface area contributed by atoms with Crippen LogP contribution in [0.1, 0.15) is 32.9 Å². The van der Waals surface area contributed by atoms with Gasteiger partial charge in [0.2, 0.25) is 0 Å². The van der Waals surface area contributed by atoms with E-state index in [1.165, 1.54) is 0 Å². The van der Waals surface area contributed by atoms with Gasteiger partial charge < -0.3 is 10.4 Å². The monoisotopic (exact) mass is 226 g/mol. The lowest BCUT2D eigenvalue weighted by atomic mass is 10.1. The molecule has 0 aliphatic heterocycles. The molecule has 1 aromatic heterocycles. The Labute approximate surface area is 96.9 Å². The van der Waals surface area contributed by atoms with Crippen molar-refractivity contribution in [3.05, 3.63) is 11.9 Å². The average molecular weight is 226 g/mol. The van der Waals surface area contributed by atoms with Gasteiger partial charge in [-0.1, -0.05) is 5.21 Å². The van der Waals surface area contributed by atoms with Crippen molar-refractivity contribution in [3.8, 4) is 0 Å². The van der Waals surface area contributed by atoms with Crippen molar-refractivity contribution in [1.29, 1.82) is 0 Å². The summed E-state index contributed by atoms with van der Waals surface area (Å²) in [7, 11) is 0. The average Bonchev–Trinajstić information content (AvgIpc) is 2.57. The van der Waals surface area contributed by atoms with Crippen molar-refractivity contribution < 1.29 is 5.11 Å². The number of β-amino-alcohol motifs (C(OH)–C–C–N with tert-alkyl or cyclic N) is 1. The highest BCUT2D eigenvalue weighted by atomic mass is 16.3. The topological polar surface area (TPSA) is 63.0 Å². The number of aliphatic hydroxyl groups excluding tert-OH is 1. The summed E-state index contributed by atoms with van der Waals surface area (Å²) < 4.78 is 1.76. The minimum atomic E-state index is -0.344. The van der Waals surface area contributed by atoms with Crippen LogP contribution in [0.15, 0.2) is 6.20 Å². The summed E-state index contributed by atoms with van der Waals surface area (Å²) in [5.74, 6) is 0. The maximum absolute atomic E-state index is 9.76. The number of nitrogens with zero attached hydrogens (tertiary/aromatic N) is 3. The molecular weight excluding hydrogens is 204 g/mol. The lowest BCUT2D eigenvalue weighted by Crippen LogP contribution is -2.41. The van der Waals surface area contributed by atoms with E-state index in [1.54, 1.807) is 4.68 Å². The first-order chi connectivity index (χ1) is 7.37. The Morgan fingerprint density at radius 1 is 1.50 bits per heavy atom. The molecule has 0 aliphatic carbocycles. The molecule has 0 aliphatic rings. The van der Waals surface area contributed by atoms with Crippen LogP contribution in [0, 0.1) is 6.92 Å². The summed E-state index contributed by atoms with van der Waals surface area (Å²) in [4.78, 5) is 0. The highest BCUT2D eigenvalue weighted by Crippen LogP contribution is 2.01. The molecule has 5 heteroatoms. The molecule has 0 radical (unpaired) electrons. The Morgan fingerprint density at radius 2 is 2.19 bits per heavy atom. The lowest BCUT2D eigenvalue weighted by molar-refractivity contribution is 0.144. The summed E-state index contributed by atoms with van der Waals surface area (Å²) in [6.45, 7) is 9.47. The first-order valence-electron chi connectivity index (χ1n) is 5.66. The molecule has 1 heterocycles. The molecular formula is C11H22N4O. The van der Waals surface area contributed by atoms with Gasteiger partial charge in [-0.05, 0) is 34.1 Å². The van der Waals surface area contributed by atoms with Gasteiger partial charge in [-0.3, -0.25) is 4.68 Å². The molecule has 5 nitrogen and oxygen atoms in total. The van der Waals surface area contributed by atoms with Gasteiger partial charge in [0.05, 0.1) is 11.8 Å². The second kappa shape index (κ2) is 5.41. The minimum Gasteiger partial charge on any atom is -0.392 e. The van der Waals surface area contributed by atoms with Gasteiger partial charge in [0.1, 0.15) is 0 Å². The van der Waals surface area contributed by atoms with E-state index in [0.29, 0.717) is 19.5 Å². The SMILES string of the molecule is Cc1cn(CCC(O)CNC(C)(C)C)nn1. The second-order valence-electron chi connectivity index (χ2n) is 5.20. The molecule has 0 fully saturated rings. The fourth-order valence-corrected chi connectivity index (χ4v) is 1.31. The number of hydrogen-bond acceptors (Lipinski definition) is 4.